The zero-order valence-electron chi connectivity index (χ0n) is 16.4. The van der Waals surface area contributed by atoms with E-state index in [-0.39, 0.29) is 12.5 Å². The first-order chi connectivity index (χ1) is 13.5. The molecule has 1 heterocycles. The monoisotopic (exact) mass is 404 g/mol. The SMILES string of the molecule is CCCCc1nc(Cl)c(CO)n1Cc1ccc(C(C(=O)O)C2CCCC2)cc1. The van der Waals surface area contributed by atoms with Gasteiger partial charge in [-0.15, -0.1) is 0 Å². The van der Waals surface area contributed by atoms with Gasteiger partial charge in [-0.05, 0) is 36.3 Å². The molecule has 1 atom stereocenters. The summed E-state index contributed by atoms with van der Waals surface area (Å²) in [4.78, 5) is 16.3. The van der Waals surface area contributed by atoms with Crippen molar-refractivity contribution in [2.75, 3.05) is 0 Å². The summed E-state index contributed by atoms with van der Waals surface area (Å²) in [7, 11) is 0. The van der Waals surface area contributed by atoms with E-state index in [1.807, 2.05) is 28.8 Å². The zero-order valence-corrected chi connectivity index (χ0v) is 17.2. The van der Waals surface area contributed by atoms with E-state index in [0.29, 0.717) is 17.4 Å². The summed E-state index contributed by atoms with van der Waals surface area (Å²) < 4.78 is 1.98. The summed E-state index contributed by atoms with van der Waals surface area (Å²) in [6, 6.07) is 7.85. The minimum Gasteiger partial charge on any atom is -0.481 e. The highest BCUT2D eigenvalue weighted by Crippen LogP contribution is 2.37. The first-order valence-corrected chi connectivity index (χ1v) is 10.6. The van der Waals surface area contributed by atoms with E-state index < -0.39 is 11.9 Å². The van der Waals surface area contributed by atoms with E-state index in [1.165, 1.54) is 0 Å². The third-order valence-corrected chi connectivity index (χ3v) is 6.13. The minimum atomic E-state index is -0.731. The van der Waals surface area contributed by atoms with Gasteiger partial charge in [0, 0.05) is 13.0 Å². The van der Waals surface area contributed by atoms with Crippen LogP contribution in [0.5, 0.6) is 0 Å². The number of carboxylic acids is 1. The van der Waals surface area contributed by atoms with E-state index in [2.05, 4.69) is 11.9 Å². The lowest BCUT2D eigenvalue weighted by molar-refractivity contribution is -0.140. The smallest absolute Gasteiger partial charge is 0.311 e. The van der Waals surface area contributed by atoms with Crippen molar-refractivity contribution < 1.29 is 15.0 Å². The van der Waals surface area contributed by atoms with E-state index in [9.17, 15) is 15.0 Å². The lowest BCUT2D eigenvalue weighted by Gasteiger charge is -2.20. The van der Waals surface area contributed by atoms with Crippen LogP contribution in [0.15, 0.2) is 24.3 Å². The standard InChI is InChI=1S/C22H29ClN2O3/c1-2-3-8-19-24-21(23)18(14-26)25(19)13-15-9-11-17(12-10-15)20(22(27)28)16-6-4-5-7-16/h9-12,16,20,26H,2-8,13-14H2,1H3,(H,27,28). The van der Waals surface area contributed by atoms with Crippen LogP contribution in [-0.4, -0.2) is 25.7 Å². The normalized spacial score (nSPS) is 15.8. The number of aliphatic hydroxyl groups is 1. The third-order valence-electron chi connectivity index (χ3n) is 5.82. The lowest BCUT2D eigenvalue weighted by atomic mass is 9.84. The Hall–Kier alpha value is -1.85. The maximum absolute atomic E-state index is 11.8. The molecule has 3 rings (SSSR count). The van der Waals surface area contributed by atoms with Gasteiger partial charge < -0.3 is 14.8 Å². The van der Waals surface area contributed by atoms with Gasteiger partial charge in [-0.3, -0.25) is 4.79 Å². The fraction of sp³-hybridized carbons (Fsp3) is 0.545. The van der Waals surface area contributed by atoms with Gasteiger partial charge in [0.05, 0.1) is 18.2 Å². The minimum absolute atomic E-state index is 0.154. The second-order valence-electron chi connectivity index (χ2n) is 7.72. The summed E-state index contributed by atoms with van der Waals surface area (Å²) in [6.45, 7) is 2.54. The largest absolute Gasteiger partial charge is 0.481 e. The Morgan fingerprint density at radius 2 is 1.96 bits per heavy atom. The van der Waals surface area contributed by atoms with Crippen LogP contribution in [0.25, 0.3) is 0 Å². The van der Waals surface area contributed by atoms with Crippen molar-refractivity contribution in [3.63, 3.8) is 0 Å². The van der Waals surface area contributed by atoms with E-state index in [1.54, 1.807) is 0 Å². The van der Waals surface area contributed by atoms with Gasteiger partial charge in [0.1, 0.15) is 5.82 Å². The molecule has 0 amide bonds. The second kappa shape index (κ2) is 9.57. The fourth-order valence-corrected chi connectivity index (χ4v) is 4.55. The molecule has 6 heteroatoms. The number of halogens is 1. The van der Waals surface area contributed by atoms with Crippen LogP contribution in [0.3, 0.4) is 0 Å². The van der Waals surface area contributed by atoms with Gasteiger partial charge in [-0.25, -0.2) is 4.98 Å². The first kappa shape index (κ1) is 20.9. The van der Waals surface area contributed by atoms with Crippen LogP contribution in [0.2, 0.25) is 5.15 Å². The highest BCUT2D eigenvalue weighted by atomic mass is 35.5. The number of aromatic nitrogens is 2. The van der Waals surface area contributed by atoms with E-state index in [4.69, 9.17) is 11.6 Å². The molecular weight excluding hydrogens is 376 g/mol. The number of unbranched alkanes of at least 4 members (excludes halogenated alkanes) is 1. The molecule has 28 heavy (non-hydrogen) atoms. The van der Waals surface area contributed by atoms with Crippen LogP contribution < -0.4 is 0 Å². The molecule has 1 aromatic carbocycles. The van der Waals surface area contributed by atoms with Gasteiger partial charge >= 0.3 is 5.97 Å². The molecule has 0 aliphatic heterocycles. The number of nitrogens with zero attached hydrogens (tertiary/aromatic N) is 2. The number of hydrogen-bond acceptors (Lipinski definition) is 3. The predicted molar refractivity (Wildman–Crippen MR) is 110 cm³/mol. The van der Waals surface area contributed by atoms with E-state index >= 15 is 0 Å². The van der Waals surface area contributed by atoms with E-state index in [0.717, 1.165) is 61.9 Å². The molecule has 1 fully saturated rings. The van der Waals surface area contributed by atoms with Gasteiger partial charge in [0.2, 0.25) is 0 Å². The number of benzene rings is 1. The van der Waals surface area contributed by atoms with Crippen LogP contribution in [0.4, 0.5) is 0 Å². The lowest BCUT2D eigenvalue weighted by Crippen LogP contribution is -2.19. The highest BCUT2D eigenvalue weighted by Gasteiger charge is 2.31. The van der Waals surface area contributed by atoms with Crippen molar-refractivity contribution >= 4 is 17.6 Å². The Bertz CT molecular complexity index is 795. The molecule has 1 aliphatic rings. The number of carbonyl (C=O) groups is 1. The zero-order chi connectivity index (χ0) is 20.1. The van der Waals surface area contributed by atoms with Crippen LogP contribution in [-0.2, 0) is 24.4 Å². The summed E-state index contributed by atoms with van der Waals surface area (Å²) >= 11 is 6.21. The second-order valence-corrected chi connectivity index (χ2v) is 8.07. The molecular formula is C22H29ClN2O3. The summed E-state index contributed by atoms with van der Waals surface area (Å²) in [6.07, 6.45) is 7.12. The number of hydrogen-bond donors (Lipinski definition) is 2. The third kappa shape index (κ3) is 4.58. The average molecular weight is 405 g/mol. The Labute approximate surface area is 171 Å². The Morgan fingerprint density at radius 1 is 1.29 bits per heavy atom. The number of carboxylic acid groups (broad SMARTS) is 1. The molecule has 152 valence electrons. The number of aliphatic hydroxyl groups excluding tert-OH is 1. The number of aryl methyl sites for hydroxylation is 1. The molecule has 1 unspecified atom stereocenters. The Kier molecular flexibility index (Phi) is 7.13. The van der Waals surface area contributed by atoms with Gasteiger partial charge in [0.25, 0.3) is 0 Å². The van der Waals surface area contributed by atoms with Crippen molar-refractivity contribution in [3.8, 4) is 0 Å². The summed E-state index contributed by atoms with van der Waals surface area (Å²) in [5.41, 5.74) is 2.55. The maximum Gasteiger partial charge on any atom is 0.311 e. The maximum atomic E-state index is 11.8. The van der Waals surface area contributed by atoms with Crippen LogP contribution in [0.1, 0.15) is 74.0 Å². The van der Waals surface area contributed by atoms with Crippen LogP contribution in [0, 0.1) is 5.92 Å². The molecule has 1 saturated carbocycles. The quantitative estimate of drug-likeness (QED) is 0.630. The molecule has 0 bridgehead atoms. The van der Waals surface area contributed by atoms with Crippen molar-refractivity contribution in [1.29, 1.82) is 0 Å². The average Bonchev–Trinajstić information content (AvgIpc) is 3.29. The number of aliphatic carboxylic acids is 1. The summed E-state index contributed by atoms with van der Waals surface area (Å²) in [5.74, 6) is -0.0374. The Morgan fingerprint density at radius 3 is 2.54 bits per heavy atom. The van der Waals surface area contributed by atoms with Crippen LogP contribution >= 0.6 is 11.6 Å². The van der Waals surface area contributed by atoms with Gasteiger partial charge in [-0.1, -0.05) is 62.1 Å². The number of imidazole rings is 1. The van der Waals surface area contributed by atoms with Crippen molar-refractivity contribution in [3.05, 3.63) is 52.1 Å². The predicted octanol–water partition coefficient (Wildman–Crippen LogP) is 4.78. The van der Waals surface area contributed by atoms with Gasteiger partial charge in [0.15, 0.2) is 5.15 Å². The first-order valence-electron chi connectivity index (χ1n) is 10.2. The molecule has 1 aliphatic carbocycles. The topological polar surface area (TPSA) is 75.4 Å². The molecule has 2 aromatic rings. The molecule has 0 radical (unpaired) electrons. The van der Waals surface area contributed by atoms with Crippen molar-refractivity contribution in [1.82, 2.24) is 9.55 Å². The van der Waals surface area contributed by atoms with Crippen molar-refractivity contribution in [2.24, 2.45) is 5.92 Å². The summed E-state index contributed by atoms with van der Waals surface area (Å²) in [5, 5.41) is 19.8. The molecule has 2 N–H and O–H groups in total. The molecule has 0 saturated heterocycles. The molecule has 0 spiro atoms. The van der Waals surface area contributed by atoms with Crippen molar-refractivity contribution in [2.45, 2.75) is 70.9 Å². The highest BCUT2D eigenvalue weighted by molar-refractivity contribution is 6.30. The number of rotatable bonds is 9. The molecule has 1 aromatic heterocycles. The Balaban J connectivity index is 1.81. The fourth-order valence-electron chi connectivity index (χ4n) is 4.29. The molecule has 5 nitrogen and oxygen atoms in total. The van der Waals surface area contributed by atoms with Gasteiger partial charge in [-0.2, -0.15) is 0 Å².